The number of carboxylic acid groups (broad SMARTS) is 1. The first-order valence-corrected chi connectivity index (χ1v) is 3.69. The molecule has 0 aromatic heterocycles. The Hall–Kier alpha value is -0.610. The first-order chi connectivity index (χ1) is 5.09. The van der Waals surface area contributed by atoms with Crippen molar-refractivity contribution < 1.29 is 20.1 Å². The summed E-state index contributed by atoms with van der Waals surface area (Å²) in [6.45, 7) is 0. The standard InChI is InChI=1S/C7H12O4/c8-5(9)7(6(10)11)3-1-2-4-7/h5,8-9H,1-4H2,(H,10,11). The summed E-state index contributed by atoms with van der Waals surface area (Å²) < 4.78 is 0. The van der Waals surface area contributed by atoms with E-state index in [-0.39, 0.29) is 0 Å². The second kappa shape index (κ2) is 2.79. The van der Waals surface area contributed by atoms with Gasteiger partial charge in [-0.25, -0.2) is 0 Å². The maximum Gasteiger partial charge on any atom is 0.314 e. The number of rotatable bonds is 2. The maximum absolute atomic E-state index is 10.6. The van der Waals surface area contributed by atoms with E-state index in [1.165, 1.54) is 0 Å². The van der Waals surface area contributed by atoms with E-state index < -0.39 is 17.7 Å². The average Bonchev–Trinajstić information content (AvgIpc) is 2.34. The summed E-state index contributed by atoms with van der Waals surface area (Å²) in [4.78, 5) is 10.6. The fraction of sp³-hybridized carbons (Fsp3) is 0.857. The fourth-order valence-electron chi connectivity index (χ4n) is 1.59. The lowest BCUT2D eigenvalue weighted by Crippen LogP contribution is -2.39. The molecule has 0 bridgehead atoms. The van der Waals surface area contributed by atoms with E-state index in [9.17, 15) is 4.79 Å². The highest BCUT2D eigenvalue weighted by Gasteiger charge is 2.46. The number of aliphatic hydroxyl groups excluding tert-OH is 1. The average molecular weight is 160 g/mol. The van der Waals surface area contributed by atoms with Crippen LogP contribution in [-0.4, -0.2) is 27.6 Å². The summed E-state index contributed by atoms with van der Waals surface area (Å²) in [6.07, 6.45) is 0.566. The van der Waals surface area contributed by atoms with Crippen molar-refractivity contribution in [2.75, 3.05) is 0 Å². The lowest BCUT2D eigenvalue weighted by molar-refractivity contribution is -0.180. The topological polar surface area (TPSA) is 77.8 Å². The molecule has 64 valence electrons. The smallest absolute Gasteiger partial charge is 0.314 e. The van der Waals surface area contributed by atoms with Gasteiger partial charge in [0.2, 0.25) is 0 Å². The largest absolute Gasteiger partial charge is 0.481 e. The molecule has 1 saturated carbocycles. The number of aliphatic carboxylic acids is 1. The Morgan fingerprint density at radius 1 is 1.27 bits per heavy atom. The first kappa shape index (κ1) is 8.49. The molecule has 0 heterocycles. The van der Waals surface area contributed by atoms with Crippen LogP contribution in [0.3, 0.4) is 0 Å². The molecule has 11 heavy (non-hydrogen) atoms. The van der Waals surface area contributed by atoms with Crippen molar-refractivity contribution in [3.05, 3.63) is 0 Å². The Balaban J connectivity index is 2.79. The molecule has 0 aromatic rings. The van der Waals surface area contributed by atoms with Crippen LogP contribution in [0, 0.1) is 5.41 Å². The number of hydrogen-bond donors (Lipinski definition) is 3. The van der Waals surface area contributed by atoms with Gasteiger partial charge in [-0.2, -0.15) is 0 Å². The van der Waals surface area contributed by atoms with E-state index in [4.69, 9.17) is 15.3 Å². The Morgan fingerprint density at radius 2 is 1.73 bits per heavy atom. The van der Waals surface area contributed by atoms with Crippen LogP contribution in [0.5, 0.6) is 0 Å². The normalized spacial score (nSPS) is 22.5. The van der Waals surface area contributed by atoms with E-state index in [0.29, 0.717) is 12.8 Å². The molecule has 1 aliphatic carbocycles. The Bertz CT molecular complexity index is 158. The first-order valence-electron chi connectivity index (χ1n) is 3.69. The Labute approximate surface area is 64.5 Å². The molecule has 1 fully saturated rings. The molecule has 3 N–H and O–H groups in total. The molecule has 0 aliphatic heterocycles. The molecule has 1 rings (SSSR count). The van der Waals surface area contributed by atoms with Crippen molar-refractivity contribution in [3.8, 4) is 0 Å². The van der Waals surface area contributed by atoms with Crippen LogP contribution in [0.2, 0.25) is 0 Å². The third kappa shape index (κ3) is 1.23. The van der Waals surface area contributed by atoms with E-state index in [1.54, 1.807) is 0 Å². The van der Waals surface area contributed by atoms with Gasteiger partial charge in [0.1, 0.15) is 5.41 Å². The number of carboxylic acids is 1. The third-order valence-corrected chi connectivity index (χ3v) is 2.42. The second-order valence-electron chi connectivity index (χ2n) is 3.04. The molecule has 0 spiro atoms. The van der Waals surface area contributed by atoms with E-state index in [2.05, 4.69) is 0 Å². The Kier molecular flexibility index (Phi) is 2.15. The number of carbonyl (C=O) groups is 1. The Morgan fingerprint density at radius 3 is 1.91 bits per heavy atom. The van der Waals surface area contributed by atoms with Gasteiger partial charge in [0, 0.05) is 0 Å². The molecular weight excluding hydrogens is 148 g/mol. The van der Waals surface area contributed by atoms with Gasteiger partial charge in [-0.1, -0.05) is 12.8 Å². The van der Waals surface area contributed by atoms with Gasteiger partial charge < -0.3 is 15.3 Å². The number of aliphatic hydroxyl groups is 2. The number of hydrogen-bond acceptors (Lipinski definition) is 3. The minimum atomic E-state index is -1.72. The van der Waals surface area contributed by atoms with Crippen LogP contribution in [0.4, 0.5) is 0 Å². The summed E-state index contributed by atoms with van der Waals surface area (Å²) >= 11 is 0. The van der Waals surface area contributed by atoms with Gasteiger partial charge >= 0.3 is 5.97 Å². The summed E-state index contributed by atoms with van der Waals surface area (Å²) in [5.74, 6) is -1.09. The predicted molar refractivity (Wildman–Crippen MR) is 36.8 cm³/mol. The van der Waals surface area contributed by atoms with E-state index in [1.807, 2.05) is 0 Å². The summed E-state index contributed by atoms with van der Waals surface area (Å²) in [5.41, 5.74) is -1.28. The summed E-state index contributed by atoms with van der Waals surface area (Å²) in [7, 11) is 0. The van der Waals surface area contributed by atoms with E-state index >= 15 is 0 Å². The predicted octanol–water partition coefficient (Wildman–Crippen LogP) is -0.0579. The quantitative estimate of drug-likeness (QED) is 0.494. The molecule has 1 aliphatic rings. The minimum Gasteiger partial charge on any atom is -0.481 e. The van der Waals surface area contributed by atoms with Crippen LogP contribution >= 0.6 is 0 Å². The molecule has 0 saturated heterocycles. The molecule has 0 unspecified atom stereocenters. The zero-order valence-corrected chi connectivity index (χ0v) is 6.16. The summed E-state index contributed by atoms with van der Waals surface area (Å²) in [6, 6.07) is 0. The molecule has 0 atom stereocenters. The third-order valence-electron chi connectivity index (χ3n) is 2.42. The molecule has 0 aromatic carbocycles. The lowest BCUT2D eigenvalue weighted by atomic mass is 9.86. The van der Waals surface area contributed by atoms with Crippen LogP contribution in [0.1, 0.15) is 25.7 Å². The molecule has 0 amide bonds. The van der Waals surface area contributed by atoms with Crippen LogP contribution < -0.4 is 0 Å². The molecule has 4 heteroatoms. The highest BCUT2D eigenvalue weighted by Crippen LogP contribution is 2.40. The maximum atomic E-state index is 10.6. The molecule has 4 nitrogen and oxygen atoms in total. The van der Waals surface area contributed by atoms with Gasteiger partial charge in [-0.15, -0.1) is 0 Å². The van der Waals surface area contributed by atoms with Crippen molar-refractivity contribution in [1.29, 1.82) is 0 Å². The van der Waals surface area contributed by atoms with Crippen molar-refractivity contribution >= 4 is 5.97 Å². The second-order valence-corrected chi connectivity index (χ2v) is 3.04. The SMILES string of the molecule is O=C(O)C1(C(O)O)CCCC1. The van der Waals surface area contributed by atoms with E-state index in [0.717, 1.165) is 12.8 Å². The van der Waals surface area contributed by atoms with Gasteiger partial charge in [0.15, 0.2) is 6.29 Å². The van der Waals surface area contributed by atoms with Crippen LogP contribution in [-0.2, 0) is 4.79 Å². The van der Waals surface area contributed by atoms with Gasteiger partial charge in [-0.3, -0.25) is 4.79 Å². The minimum absolute atomic E-state index is 0.375. The van der Waals surface area contributed by atoms with Gasteiger partial charge in [0.25, 0.3) is 0 Å². The fourth-order valence-corrected chi connectivity index (χ4v) is 1.59. The van der Waals surface area contributed by atoms with Crippen LogP contribution in [0.25, 0.3) is 0 Å². The zero-order valence-electron chi connectivity index (χ0n) is 6.16. The molecular formula is C7H12O4. The van der Waals surface area contributed by atoms with Gasteiger partial charge in [-0.05, 0) is 12.8 Å². The zero-order chi connectivity index (χ0) is 8.48. The van der Waals surface area contributed by atoms with Gasteiger partial charge in [0.05, 0.1) is 0 Å². The van der Waals surface area contributed by atoms with Crippen LogP contribution in [0.15, 0.2) is 0 Å². The van der Waals surface area contributed by atoms with Crippen molar-refractivity contribution in [2.24, 2.45) is 5.41 Å². The monoisotopic (exact) mass is 160 g/mol. The van der Waals surface area contributed by atoms with Crippen molar-refractivity contribution in [2.45, 2.75) is 32.0 Å². The highest BCUT2D eigenvalue weighted by atomic mass is 16.5. The summed E-state index contributed by atoms with van der Waals surface area (Å²) in [5, 5.41) is 26.4. The highest BCUT2D eigenvalue weighted by molar-refractivity contribution is 5.75. The van der Waals surface area contributed by atoms with Crippen molar-refractivity contribution in [1.82, 2.24) is 0 Å². The van der Waals surface area contributed by atoms with Crippen molar-refractivity contribution in [3.63, 3.8) is 0 Å². The lowest BCUT2D eigenvalue weighted by Gasteiger charge is -2.25. The molecule has 0 radical (unpaired) electrons.